The van der Waals surface area contributed by atoms with Gasteiger partial charge in [0, 0.05) is 6.04 Å². The van der Waals surface area contributed by atoms with E-state index in [4.69, 9.17) is 16.2 Å². The Morgan fingerprint density at radius 3 is 2.53 bits per heavy atom. The smallest absolute Gasteiger partial charge is 0.246 e. The third-order valence-corrected chi connectivity index (χ3v) is 2.82. The number of amides is 1. The summed E-state index contributed by atoms with van der Waals surface area (Å²) in [4.78, 5) is 15.0. The van der Waals surface area contributed by atoms with Crippen LogP contribution in [-0.2, 0) is 9.53 Å². The second kappa shape index (κ2) is 6.39. The van der Waals surface area contributed by atoms with E-state index in [1.165, 1.54) is 12.8 Å². The molecule has 2 rings (SSSR count). The van der Waals surface area contributed by atoms with E-state index in [1.807, 2.05) is 0 Å². The van der Waals surface area contributed by atoms with Gasteiger partial charge in [0.25, 0.3) is 0 Å². The topological polar surface area (TPSA) is 103 Å². The van der Waals surface area contributed by atoms with E-state index in [0.29, 0.717) is 25.0 Å². The largest absolute Gasteiger partial charge is 0.370 e. The predicted octanol–water partition coefficient (Wildman–Crippen LogP) is -0.296. The lowest BCUT2D eigenvalue weighted by Gasteiger charge is -2.09. The summed E-state index contributed by atoms with van der Waals surface area (Å²) in [5, 5.41) is 3.09. The number of rotatable bonds is 4. The van der Waals surface area contributed by atoms with Gasteiger partial charge in [-0.25, -0.2) is 0 Å². The summed E-state index contributed by atoms with van der Waals surface area (Å²) in [7, 11) is 0. The van der Waals surface area contributed by atoms with Crippen molar-refractivity contribution in [2.45, 2.75) is 43.9 Å². The molecule has 1 saturated carbocycles. The van der Waals surface area contributed by atoms with Gasteiger partial charge in [-0.2, -0.15) is 0 Å². The number of primary amides is 1. The Morgan fingerprint density at radius 2 is 2.00 bits per heavy atom. The number of nitrogens with two attached hydrogens (primary N) is 2. The van der Waals surface area contributed by atoms with Crippen molar-refractivity contribution in [1.82, 2.24) is 5.32 Å². The summed E-state index contributed by atoms with van der Waals surface area (Å²) in [6.07, 6.45) is 3.36. The predicted molar refractivity (Wildman–Crippen MR) is 75.2 cm³/mol. The number of carbonyl (C=O) groups excluding carboxylic acids is 1. The summed E-state index contributed by atoms with van der Waals surface area (Å²) in [6, 6.07) is 0.506. The number of ether oxygens (including phenoxy) is 1. The maximum Gasteiger partial charge on any atom is 0.246 e. The third kappa shape index (κ3) is 4.66. The Morgan fingerprint density at radius 1 is 1.29 bits per heavy atom. The van der Waals surface area contributed by atoms with Crippen molar-refractivity contribution >= 4 is 35.8 Å². The van der Waals surface area contributed by atoms with Gasteiger partial charge < -0.3 is 21.5 Å². The number of halogens is 1. The van der Waals surface area contributed by atoms with Crippen molar-refractivity contribution in [3.05, 3.63) is 0 Å². The molecule has 6 nitrogen and oxygen atoms in total. The highest BCUT2D eigenvalue weighted by Crippen LogP contribution is 2.20. The lowest BCUT2D eigenvalue weighted by Crippen LogP contribution is -2.34. The average molecular weight is 354 g/mol. The molecule has 0 aromatic carbocycles. The monoisotopic (exact) mass is 354 g/mol. The van der Waals surface area contributed by atoms with Gasteiger partial charge >= 0.3 is 0 Å². The highest BCUT2D eigenvalue weighted by molar-refractivity contribution is 14.0. The molecule has 1 saturated heterocycles. The van der Waals surface area contributed by atoms with Gasteiger partial charge in [0.1, 0.15) is 6.10 Å². The Kier molecular flexibility index (Phi) is 5.44. The molecule has 0 radical (unpaired) electrons. The quantitative estimate of drug-likeness (QED) is 0.367. The fourth-order valence-electron chi connectivity index (χ4n) is 1.73. The van der Waals surface area contributed by atoms with Gasteiger partial charge in [-0.1, -0.05) is 0 Å². The lowest BCUT2D eigenvalue weighted by atomic mass is 10.2. The van der Waals surface area contributed by atoms with Gasteiger partial charge in [0.2, 0.25) is 5.91 Å². The molecule has 2 atom stereocenters. The van der Waals surface area contributed by atoms with Crippen LogP contribution in [-0.4, -0.2) is 36.7 Å². The van der Waals surface area contributed by atoms with Gasteiger partial charge in [0.05, 0.1) is 12.6 Å². The van der Waals surface area contributed by atoms with Crippen molar-refractivity contribution in [2.24, 2.45) is 16.5 Å². The molecule has 5 N–H and O–H groups in total. The zero-order valence-corrected chi connectivity index (χ0v) is 11.9. The molecule has 2 unspecified atom stereocenters. The maximum atomic E-state index is 10.9. The summed E-state index contributed by atoms with van der Waals surface area (Å²) >= 11 is 0. The highest BCUT2D eigenvalue weighted by atomic mass is 127. The first kappa shape index (κ1) is 14.5. The van der Waals surface area contributed by atoms with E-state index in [2.05, 4.69) is 10.3 Å². The summed E-state index contributed by atoms with van der Waals surface area (Å²) < 4.78 is 5.43. The zero-order valence-electron chi connectivity index (χ0n) is 9.59. The number of carbonyl (C=O) groups is 1. The van der Waals surface area contributed by atoms with Crippen molar-refractivity contribution in [3.63, 3.8) is 0 Å². The molecular weight excluding hydrogens is 335 g/mol. The molecule has 1 aliphatic heterocycles. The minimum atomic E-state index is -0.446. The number of nitrogens with one attached hydrogen (secondary N) is 1. The molecule has 2 aliphatic rings. The van der Waals surface area contributed by atoms with Crippen LogP contribution in [0.5, 0.6) is 0 Å². The molecule has 7 heteroatoms. The van der Waals surface area contributed by atoms with Crippen LogP contribution in [0.3, 0.4) is 0 Å². The van der Waals surface area contributed by atoms with Crippen LogP contribution in [0.25, 0.3) is 0 Å². The number of guanidine groups is 1. The summed E-state index contributed by atoms with van der Waals surface area (Å²) in [6.45, 7) is 0.495. The highest BCUT2D eigenvalue weighted by Gasteiger charge is 2.29. The van der Waals surface area contributed by atoms with E-state index < -0.39 is 12.0 Å². The molecule has 1 heterocycles. The zero-order chi connectivity index (χ0) is 11.5. The van der Waals surface area contributed by atoms with E-state index in [-0.39, 0.29) is 30.1 Å². The number of hydrogen-bond acceptors (Lipinski definition) is 3. The molecular formula is C10H19IN4O2. The second-order valence-electron chi connectivity index (χ2n) is 4.37. The second-order valence-corrected chi connectivity index (χ2v) is 4.37. The van der Waals surface area contributed by atoms with Crippen LogP contribution in [0.15, 0.2) is 4.99 Å². The maximum absolute atomic E-state index is 10.9. The standard InChI is InChI=1S/C10H18N4O2.HI/c11-9(15)8-4-3-7(16-8)5-13-10(12)14-6-1-2-6;/h6-8H,1-5H2,(H2,11,15)(H3,12,13,14);1H. The molecule has 0 aromatic heterocycles. The molecule has 0 aromatic rings. The van der Waals surface area contributed by atoms with Crippen molar-refractivity contribution in [3.8, 4) is 0 Å². The van der Waals surface area contributed by atoms with Crippen LogP contribution < -0.4 is 16.8 Å². The third-order valence-electron chi connectivity index (χ3n) is 2.82. The number of nitrogens with zero attached hydrogens (tertiary/aromatic N) is 1. The SMILES string of the molecule is I.NC(=O)C1CCC(CN=C(N)NC2CC2)O1. The fraction of sp³-hybridized carbons (Fsp3) is 0.800. The van der Waals surface area contributed by atoms with E-state index >= 15 is 0 Å². The lowest BCUT2D eigenvalue weighted by molar-refractivity contribution is -0.128. The molecule has 0 spiro atoms. The van der Waals surface area contributed by atoms with E-state index in [1.54, 1.807) is 0 Å². The van der Waals surface area contributed by atoms with E-state index in [0.717, 1.165) is 6.42 Å². The molecule has 17 heavy (non-hydrogen) atoms. The Bertz CT molecular complexity index is 307. The van der Waals surface area contributed by atoms with Crippen LogP contribution in [0.4, 0.5) is 0 Å². The Hall–Kier alpha value is -0.570. The first-order valence-electron chi connectivity index (χ1n) is 5.66. The van der Waals surface area contributed by atoms with Gasteiger partial charge in [-0.15, -0.1) is 24.0 Å². The van der Waals surface area contributed by atoms with Gasteiger partial charge in [0.15, 0.2) is 5.96 Å². The molecule has 1 aliphatic carbocycles. The van der Waals surface area contributed by atoms with Crippen molar-refractivity contribution in [2.75, 3.05) is 6.54 Å². The first-order chi connectivity index (χ1) is 7.65. The summed E-state index contributed by atoms with van der Waals surface area (Å²) in [5.41, 5.74) is 10.8. The normalized spacial score (nSPS) is 28.6. The minimum Gasteiger partial charge on any atom is -0.370 e. The number of hydrogen-bond donors (Lipinski definition) is 3. The van der Waals surface area contributed by atoms with Gasteiger partial charge in [-0.05, 0) is 25.7 Å². The average Bonchev–Trinajstić information content (AvgIpc) is 2.91. The van der Waals surface area contributed by atoms with Gasteiger partial charge in [-0.3, -0.25) is 9.79 Å². The molecule has 98 valence electrons. The molecule has 1 amide bonds. The fourth-order valence-corrected chi connectivity index (χ4v) is 1.73. The minimum absolute atomic E-state index is 0. The van der Waals surface area contributed by atoms with Crippen LogP contribution >= 0.6 is 24.0 Å². The first-order valence-corrected chi connectivity index (χ1v) is 5.66. The Balaban J connectivity index is 0.00000144. The summed E-state index contributed by atoms with van der Waals surface area (Å²) in [5.74, 6) is 0.0733. The molecule has 2 fully saturated rings. The molecule has 0 bridgehead atoms. The van der Waals surface area contributed by atoms with Crippen molar-refractivity contribution < 1.29 is 9.53 Å². The van der Waals surface area contributed by atoms with Crippen molar-refractivity contribution in [1.29, 1.82) is 0 Å². The van der Waals surface area contributed by atoms with Crippen LogP contribution in [0.2, 0.25) is 0 Å². The Labute approximate surface area is 118 Å². The van der Waals surface area contributed by atoms with Crippen LogP contribution in [0.1, 0.15) is 25.7 Å². The van der Waals surface area contributed by atoms with E-state index in [9.17, 15) is 4.79 Å². The van der Waals surface area contributed by atoms with Crippen LogP contribution in [0, 0.1) is 0 Å². The number of aliphatic imine (C=N–C) groups is 1.